The number of benzene rings is 1. The lowest BCUT2D eigenvalue weighted by atomic mass is 10.0. The molecule has 0 atom stereocenters. The summed E-state index contributed by atoms with van der Waals surface area (Å²) in [6, 6.07) is 7.76. The van der Waals surface area contributed by atoms with Crippen LogP contribution >= 0.6 is 0 Å². The van der Waals surface area contributed by atoms with Crippen molar-refractivity contribution in [1.29, 1.82) is 0 Å². The molecule has 1 aromatic carbocycles. The average molecular weight is 363 g/mol. The van der Waals surface area contributed by atoms with Gasteiger partial charge < -0.3 is 9.47 Å². The Bertz CT molecular complexity index is 482. The summed E-state index contributed by atoms with van der Waals surface area (Å²) in [7, 11) is 0. The Morgan fingerprint density at radius 2 is 1.73 bits per heavy atom. The highest BCUT2D eigenvalue weighted by Crippen LogP contribution is 2.11. The Hall–Kier alpha value is -1.35. The molecule has 148 valence electrons. The van der Waals surface area contributed by atoms with Crippen LogP contribution in [0.4, 0.5) is 0 Å². The lowest BCUT2D eigenvalue weighted by molar-refractivity contribution is 0.0312. The number of esters is 1. The Balaban J connectivity index is 2.03. The van der Waals surface area contributed by atoms with Crippen LogP contribution in [-0.4, -0.2) is 25.8 Å². The first-order valence-electron chi connectivity index (χ1n) is 10.5. The molecule has 0 bridgehead atoms. The monoisotopic (exact) mass is 362 g/mol. The molecule has 0 spiro atoms. The molecule has 0 fully saturated rings. The van der Waals surface area contributed by atoms with Crippen LogP contribution in [0.3, 0.4) is 0 Å². The molecule has 1 rings (SSSR count). The fraction of sp³-hybridized carbons (Fsp3) is 0.696. The molecule has 0 aliphatic rings. The van der Waals surface area contributed by atoms with E-state index in [0.29, 0.717) is 18.8 Å². The van der Waals surface area contributed by atoms with E-state index in [0.717, 1.165) is 38.2 Å². The van der Waals surface area contributed by atoms with Gasteiger partial charge in [0.2, 0.25) is 0 Å². The van der Waals surface area contributed by atoms with Crippen LogP contribution in [0.5, 0.6) is 0 Å². The minimum absolute atomic E-state index is 0.253. The number of hydrogen-bond donors (Lipinski definition) is 0. The highest BCUT2D eigenvalue weighted by molar-refractivity contribution is 5.89. The second-order valence-electron chi connectivity index (χ2n) is 7.50. The van der Waals surface area contributed by atoms with Gasteiger partial charge in [-0.1, -0.05) is 71.4 Å². The van der Waals surface area contributed by atoms with Crippen LogP contribution in [0, 0.1) is 5.92 Å². The SMILES string of the molecule is CCCCc1cccc(C(=O)OCCOCCCCCCCC(C)C)c1. The number of unbranched alkanes of at least 4 members (excludes halogenated alkanes) is 5. The van der Waals surface area contributed by atoms with E-state index >= 15 is 0 Å². The van der Waals surface area contributed by atoms with Crippen LogP contribution in [0.25, 0.3) is 0 Å². The largest absolute Gasteiger partial charge is 0.460 e. The van der Waals surface area contributed by atoms with Crippen molar-refractivity contribution in [2.75, 3.05) is 19.8 Å². The number of hydrogen-bond acceptors (Lipinski definition) is 3. The fourth-order valence-corrected chi connectivity index (χ4v) is 2.90. The zero-order chi connectivity index (χ0) is 19.0. The molecule has 0 heterocycles. The lowest BCUT2D eigenvalue weighted by Gasteiger charge is -2.08. The summed E-state index contributed by atoms with van der Waals surface area (Å²) in [6.07, 6.45) is 10.9. The minimum atomic E-state index is -0.253. The molecule has 1 aromatic rings. The van der Waals surface area contributed by atoms with Gasteiger partial charge in [0.1, 0.15) is 6.61 Å². The van der Waals surface area contributed by atoms with Crippen molar-refractivity contribution >= 4 is 5.97 Å². The van der Waals surface area contributed by atoms with Gasteiger partial charge in [-0.3, -0.25) is 0 Å². The van der Waals surface area contributed by atoms with Crippen LogP contribution in [0.15, 0.2) is 24.3 Å². The van der Waals surface area contributed by atoms with E-state index in [1.54, 1.807) is 0 Å². The van der Waals surface area contributed by atoms with Crippen molar-refractivity contribution in [2.45, 2.75) is 78.6 Å². The number of ether oxygens (including phenoxy) is 2. The Morgan fingerprint density at radius 3 is 2.50 bits per heavy atom. The molecule has 0 aliphatic heterocycles. The standard InChI is InChI=1S/C23H38O3/c1-4-5-13-21-14-11-15-22(19-21)23(24)26-18-17-25-16-10-8-6-7-9-12-20(2)3/h11,14-15,19-20H,4-10,12-13,16-18H2,1-3H3. The first-order chi connectivity index (χ1) is 12.6. The van der Waals surface area contributed by atoms with Crippen molar-refractivity contribution < 1.29 is 14.3 Å². The summed E-state index contributed by atoms with van der Waals surface area (Å²) in [6.45, 7) is 8.30. The summed E-state index contributed by atoms with van der Waals surface area (Å²) in [4.78, 5) is 12.1. The van der Waals surface area contributed by atoms with E-state index in [1.807, 2.05) is 18.2 Å². The normalized spacial score (nSPS) is 11.1. The molecule has 3 heteroatoms. The van der Waals surface area contributed by atoms with Crippen molar-refractivity contribution in [2.24, 2.45) is 5.92 Å². The molecule has 0 amide bonds. The summed E-state index contributed by atoms with van der Waals surface area (Å²) >= 11 is 0. The van der Waals surface area contributed by atoms with E-state index in [4.69, 9.17) is 9.47 Å². The van der Waals surface area contributed by atoms with Crippen LogP contribution < -0.4 is 0 Å². The molecule has 0 N–H and O–H groups in total. The smallest absolute Gasteiger partial charge is 0.338 e. The van der Waals surface area contributed by atoms with Gasteiger partial charge in [0.05, 0.1) is 12.2 Å². The van der Waals surface area contributed by atoms with E-state index in [2.05, 4.69) is 26.8 Å². The van der Waals surface area contributed by atoms with E-state index < -0.39 is 0 Å². The van der Waals surface area contributed by atoms with Gasteiger partial charge in [-0.05, 0) is 42.9 Å². The summed E-state index contributed by atoms with van der Waals surface area (Å²) in [5, 5.41) is 0. The van der Waals surface area contributed by atoms with Gasteiger partial charge in [-0.2, -0.15) is 0 Å². The lowest BCUT2D eigenvalue weighted by Crippen LogP contribution is -2.11. The molecule has 3 nitrogen and oxygen atoms in total. The van der Waals surface area contributed by atoms with E-state index in [9.17, 15) is 4.79 Å². The second kappa shape index (κ2) is 14.8. The summed E-state index contributed by atoms with van der Waals surface area (Å²) < 4.78 is 10.9. The first-order valence-corrected chi connectivity index (χ1v) is 10.5. The molecule has 0 radical (unpaired) electrons. The zero-order valence-corrected chi connectivity index (χ0v) is 17.1. The second-order valence-corrected chi connectivity index (χ2v) is 7.50. The third kappa shape index (κ3) is 11.3. The van der Waals surface area contributed by atoms with Gasteiger partial charge in [-0.15, -0.1) is 0 Å². The first kappa shape index (κ1) is 22.7. The van der Waals surface area contributed by atoms with Gasteiger partial charge in [0.15, 0.2) is 0 Å². The highest BCUT2D eigenvalue weighted by Gasteiger charge is 2.07. The predicted molar refractivity (Wildman–Crippen MR) is 109 cm³/mol. The Morgan fingerprint density at radius 1 is 0.962 bits per heavy atom. The third-order valence-electron chi connectivity index (χ3n) is 4.51. The Labute approximate surface area is 160 Å². The predicted octanol–water partition coefficient (Wildman–Crippen LogP) is 6.20. The quantitative estimate of drug-likeness (QED) is 0.275. The zero-order valence-electron chi connectivity index (χ0n) is 17.1. The van der Waals surface area contributed by atoms with Crippen LogP contribution in [0.1, 0.15) is 88.1 Å². The van der Waals surface area contributed by atoms with Crippen molar-refractivity contribution in [1.82, 2.24) is 0 Å². The van der Waals surface area contributed by atoms with Crippen molar-refractivity contribution in [3.8, 4) is 0 Å². The molecular formula is C23H38O3. The van der Waals surface area contributed by atoms with Crippen molar-refractivity contribution in [3.63, 3.8) is 0 Å². The Kier molecular flexibility index (Phi) is 12.9. The molecule has 26 heavy (non-hydrogen) atoms. The fourth-order valence-electron chi connectivity index (χ4n) is 2.90. The van der Waals surface area contributed by atoms with Crippen LogP contribution in [-0.2, 0) is 15.9 Å². The number of aryl methyl sites for hydroxylation is 1. The highest BCUT2D eigenvalue weighted by atomic mass is 16.6. The van der Waals surface area contributed by atoms with E-state index in [-0.39, 0.29) is 5.97 Å². The maximum atomic E-state index is 12.1. The van der Waals surface area contributed by atoms with Gasteiger partial charge in [-0.25, -0.2) is 4.79 Å². The average Bonchev–Trinajstić information content (AvgIpc) is 2.64. The molecular weight excluding hydrogens is 324 g/mol. The van der Waals surface area contributed by atoms with Gasteiger partial charge in [0, 0.05) is 6.61 Å². The summed E-state index contributed by atoms with van der Waals surface area (Å²) in [5.41, 5.74) is 1.84. The number of rotatable bonds is 15. The molecule has 0 aliphatic carbocycles. The number of carbonyl (C=O) groups excluding carboxylic acids is 1. The van der Waals surface area contributed by atoms with E-state index in [1.165, 1.54) is 37.7 Å². The topological polar surface area (TPSA) is 35.5 Å². The minimum Gasteiger partial charge on any atom is -0.460 e. The molecule has 0 saturated carbocycles. The molecule has 0 saturated heterocycles. The molecule has 0 unspecified atom stereocenters. The maximum absolute atomic E-state index is 12.1. The van der Waals surface area contributed by atoms with Crippen molar-refractivity contribution in [3.05, 3.63) is 35.4 Å². The molecule has 0 aromatic heterocycles. The maximum Gasteiger partial charge on any atom is 0.338 e. The van der Waals surface area contributed by atoms with Gasteiger partial charge >= 0.3 is 5.97 Å². The van der Waals surface area contributed by atoms with Crippen LogP contribution in [0.2, 0.25) is 0 Å². The van der Waals surface area contributed by atoms with Gasteiger partial charge in [0.25, 0.3) is 0 Å². The third-order valence-corrected chi connectivity index (χ3v) is 4.51. The summed E-state index contributed by atoms with van der Waals surface area (Å²) in [5.74, 6) is 0.567. The number of carbonyl (C=O) groups is 1.